The molecule has 5 nitrogen and oxygen atoms in total. The Labute approximate surface area is 183 Å². The Morgan fingerprint density at radius 3 is 2.60 bits per heavy atom. The van der Waals surface area contributed by atoms with Gasteiger partial charge in [0.15, 0.2) is 0 Å². The maximum Gasteiger partial charge on any atom is 0.330 e. The molecule has 0 fully saturated rings. The summed E-state index contributed by atoms with van der Waals surface area (Å²) in [6.07, 6.45) is 12.5. The van der Waals surface area contributed by atoms with E-state index < -0.39 is 0 Å². The molecule has 1 rings (SSSR count). The van der Waals surface area contributed by atoms with Crippen LogP contribution in [0.5, 0.6) is 0 Å². The summed E-state index contributed by atoms with van der Waals surface area (Å²) >= 11 is 0. The minimum Gasteiger partial charge on any atom is -0.462 e. The van der Waals surface area contributed by atoms with Crippen molar-refractivity contribution >= 4 is 11.9 Å². The third-order valence-corrected chi connectivity index (χ3v) is 6.11. The number of ether oxygens (including phenoxy) is 3. The Morgan fingerprint density at radius 1 is 1.27 bits per heavy atom. The number of allylic oxidation sites excluding steroid dienone is 2. The topological polar surface area (TPSA) is 61.8 Å². The molecular weight excluding hydrogens is 380 g/mol. The second-order valence-corrected chi connectivity index (χ2v) is 8.47. The van der Waals surface area contributed by atoms with Crippen LogP contribution in [-0.2, 0) is 23.8 Å². The molecule has 5 heteroatoms. The van der Waals surface area contributed by atoms with Gasteiger partial charge in [-0.25, -0.2) is 4.79 Å². The van der Waals surface area contributed by atoms with E-state index in [-0.39, 0.29) is 48.0 Å². The molecule has 0 N–H and O–H groups in total. The van der Waals surface area contributed by atoms with Crippen molar-refractivity contribution in [3.63, 3.8) is 0 Å². The number of carbonyl (C=O) groups is 2. The predicted molar refractivity (Wildman–Crippen MR) is 120 cm³/mol. The second-order valence-electron chi connectivity index (χ2n) is 8.47. The van der Waals surface area contributed by atoms with Gasteiger partial charge >= 0.3 is 11.9 Å². The summed E-state index contributed by atoms with van der Waals surface area (Å²) in [6, 6.07) is 0. The maximum absolute atomic E-state index is 12.5. The maximum atomic E-state index is 12.5. The lowest BCUT2D eigenvalue weighted by molar-refractivity contribution is -0.162. The zero-order valence-corrected chi connectivity index (χ0v) is 19.8. The van der Waals surface area contributed by atoms with Crippen molar-refractivity contribution in [3.05, 3.63) is 24.3 Å². The summed E-state index contributed by atoms with van der Waals surface area (Å²) in [6.45, 7) is 10.4. The average molecular weight is 423 g/mol. The van der Waals surface area contributed by atoms with Crippen LogP contribution in [0.15, 0.2) is 24.3 Å². The van der Waals surface area contributed by atoms with Crippen LogP contribution < -0.4 is 0 Å². The molecule has 6 atom stereocenters. The molecule has 30 heavy (non-hydrogen) atoms. The Balaban J connectivity index is 2.98. The molecule has 0 aromatic rings. The number of esters is 2. The SMILES string of the molecule is C/C=C/C[C@H](C)[C@@H](OC)[C@@H](C)[C@@H](C[C@H]1OC(=O)C=C[C@H]1CC)OC(=O)CCCCC. The number of carbonyl (C=O) groups excluding carboxylic acids is 2. The van der Waals surface area contributed by atoms with Gasteiger partial charge in [0.1, 0.15) is 12.2 Å². The Hall–Kier alpha value is -1.62. The fraction of sp³-hybridized carbons (Fsp3) is 0.760. The molecule has 0 aromatic carbocycles. The van der Waals surface area contributed by atoms with E-state index in [1.807, 2.05) is 19.1 Å². The first-order chi connectivity index (χ1) is 14.4. The summed E-state index contributed by atoms with van der Waals surface area (Å²) in [5.74, 6) is -0.111. The highest BCUT2D eigenvalue weighted by Crippen LogP contribution is 2.31. The molecule has 172 valence electrons. The van der Waals surface area contributed by atoms with Crippen LogP contribution in [0.3, 0.4) is 0 Å². The monoisotopic (exact) mass is 422 g/mol. The highest BCUT2D eigenvalue weighted by Gasteiger charge is 2.36. The molecule has 1 heterocycles. The van der Waals surface area contributed by atoms with Crippen LogP contribution in [0, 0.1) is 17.8 Å². The Morgan fingerprint density at radius 2 is 2.00 bits per heavy atom. The van der Waals surface area contributed by atoms with Crippen LogP contribution in [0.1, 0.15) is 79.6 Å². The molecule has 0 spiro atoms. The van der Waals surface area contributed by atoms with Crippen LogP contribution in [0.2, 0.25) is 0 Å². The minimum atomic E-state index is -0.365. The van der Waals surface area contributed by atoms with E-state index in [1.165, 1.54) is 6.08 Å². The van der Waals surface area contributed by atoms with Crippen molar-refractivity contribution in [2.75, 3.05) is 7.11 Å². The summed E-state index contributed by atoms with van der Waals surface area (Å²) in [7, 11) is 1.71. The molecule has 0 amide bonds. The average Bonchev–Trinajstić information content (AvgIpc) is 2.72. The van der Waals surface area contributed by atoms with Gasteiger partial charge in [0, 0.05) is 37.9 Å². The first kappa shape index (κ1) is 26.4. The van der Waals surface area contributed by atoms with Crippen molar-refractivity contribution in [2.24, 2.45) is 17.8 Å². The van der Waals surface area contributed by atoms with Crippen LogP contribution in [0.4, 0.5) is 0 Å². The van der Waals surface area contributed by atoms with Gasteiger partial charge in [-0.15, -0.1) is 0 Å². The number of hydrogen-bond donors (Lipinski definition) is 0. The number of cyclic esters (lactones) is 1. The molecule has 0 aromatic heterocycles. The van der Waals surface area contributed by atoms with Crippen molar-refractivity contribution < 1.29 is 23.8 Å². The van der Waals surface area contributed by atoms with Gasteiger partial charge in [0.05, 0.1) is 6.10 Å². The largest absolute Gasteiger partial charge is 0.462 e. The standard InChI is InChI=1S/C25H42O5/c1-7-10-12-14-23(26)29-21(17-22-20(9-3)15-16-24(27)30-22)19(5)25(28-6)18(4)13-11-8-2/h8,11,15-16,18-22,25H,7,9-10,12-14,17H2,1-6H3/b11-8+/t18-,19-,20+,21+,22+,25+/m0/s1. The first-order valence-electron chi connectivity index (χ1n) is 11.6. The van der Waals surface area contributed by atoms with Crippen molar-refractivity contribution in [1.29, 1.82) is 0 Å². The highest BCUT2D eigenvalue weighted by atomic mass is 16.6. The number of rotatable bonds is 14. The normalized spacial score (nSPS) is 23.1. The number of hydrogen-bond acceptors (Lipinski definition) is 5. The zero-order chi connectivity index (χ0) is 22.5. The highest BCUT2D eigenvalue weighted by molar-refractivity contribution is 5.83. The van der Waals surface area contributed by atoms with E-state index in [4.69, 9.17) is 14.2 Å². The first-order valence-corrected chi connectivity index (χ1v) is 11.6. The van der Waals surface area contributed by atoms with Gasteiger partial charge in [0.2, 0.25) is 0 Å². The molecule has 0 aliphatic carbocycles. The molecular formula is C25H42O5. The molecule has 1 aliphatic rings. The molecule has 0 saturated carbocycles. The van der Waals surface area contributed by atoms with E-state index >= 15 is 0 Å². The summed E-state index contributed by atoms with van der Waals surface area (Å²) in [4.78, 5) is 24.4. The van der Waals surface area contributed by atoms with E-state index in [2.05, 4.69) is 33.8 Å². The summed E-state index contributed by atoms with van der Waals surface area (Å²) < 4.78 is 17.4. The fourth-order valence-corrected chi connectivity index (χ4v) is 4.23. The van der Waals surface area contributed by atoms with E-state index in [9.17, 15) is 9.59 Å². The van der Waals surface area contributed by atoms with Crippen LogP contribution in [-0.4, -0.2) is 37.4 Å². The van der Waals surface area contributed by atoms with E-state index in [0.717, 1.165) is 32.1 Å². The molecule has 1 aliphatic heterocycles. The third-order valence-electron chi connectivity index (χ3n) is 6.11. The Kier molecular flexibility index (Phi) is 12.7. The predicted octanol–water partition coefficient (Wildman–Crippen LogP) is 5.63. The molecule has 0 bridgehead atoms. The van der Waals surface area contributed by atoms with Gasteiger partial charge in [-0.05, 0) is 32.1 Å². The lowest BCUT2D eigenvalue weighted by Crippen LogP contribution is -2.42. The van der Waals surface area contributed by atoms with Crippen molar-refractivity contribution in [3.8, 4) is 0 Å². The van der Waals surface area contributed by atoms with E-state index in [0.29, 0.717) is 12.8 Å². The second kappa shape index (κ2) is 14.4. The minimum absolute atomic E-state index is 0.0208. The number of unbranched alkanes of at least 4 members (excludes halogenated alkanes) is 2. The Bertz CT molecular complexity index is 568. The van der Waals surface area contributed by atoms with Gasteiger partial charge in [-0.3, -0.25) is 4.79 Å². The lowest BCUT2D eigenvalue weighted by atomic mass is 9.83. The number of methoxy groups -OCH3 is 1. The van der Waals surface area contributed by atoms with E-state index in [1.54, 1.807) is 7.11 Å². The van der Waals surface area contributed by atoms with Gasteiger partial charge in [-0.2, -0.15) is 0 Å². The van der Waals surface area contributed by atoms with Crippen molar-refractivity contribution in [2.45, 2.75) is 97.9 Å². The van der Waals surface area contributed by atoms with Gasteiger partial charge in [0.25, 0.3) is 0 Å². The van der Waals surface area contributed by atoms with Gasteiger partial charge < -0.3 is 14.2 Å². The molecule has 0 saturated heterocycles. The third kappa shape index (κ3) is 8.63. The van der Waals surface area contributed by atoms with Crippen molar-refractivity contribution in [1.82, 2.24) is 0 Å². The fourth-order valence-electron chi connectivity index (χ4n) is 4.23. The zero-order valence-electron chi connectivity index (χ0n) is 19.8. The summed E-state index contributed by atoms with van der Waals surface area (Å²) in [5.41, 5.74) is 0. The van der Waals surface area contributed by atoms with Crippen LogP contribution in [0.25, 0.3) is 0 Å². The summed E-state index contributed by atoms with van der Waals surface area (Å²) in [5, 5.41) is 0. The van der Waals surface area contributed by atoms with Crippen LogP contribution >= 0.6 is 0 Å². The smallest absolute Gasteiger partial charge is 0.330 e. The molecule has 0 unspecified atom stereocenters. The lowest BCUT2D eigenvalue weighted by Gasteiger charge is -2.36. The quantitative estimate of drug-likeness (QED) is 0.206. The molecule has 0 radical (unpaired) electrons. The van der Waals surface area contributed by atoms with Gasteiger partial charge in [-0.1, -0.05) is 58.8 Å².